The van der Waals surface area contributed by atoms with Crippen molar-refractivity contribution >= 4 is 22.3 Å². The van der Waals surface area contributed by atoms with Gasteiger partial charge in [-0.1, -0.05) is 42.0 Å². The van der Waals surface area contributed by atoms with E-state index in [1.165, 1.54) is 16.7 Å². The third-order valence-corrected chi connectivity index (χ3v) is 4.46. The number of benzene rings is 3. The van der Waals surface area contributed by atoms with Crippen molar-refractivity contribution in [2.24, 2.45) is 0 Å². The lowest BCUT2D eigenvalue weighted by Crippen LogP contribution is -2.08. The van der Waals surface area contributed by atoms with Crippen LogP contribution >= 0.6 is 0 Å². The van der Waals surface area contributed by atoms with Gasteiger partial charge < -0.3 is 9.32 Å². The molecule has 0 radical (unpaired) electrons. The molecule has 118 valence electrons. The SMILES string of the molecule is Cc1ccc(-c2ccc(N(C)c3ccc4occc4c3)cc2)cc1. The fourth-order valence-corrected chi connectivity index (χ4v) is 2.94. The number of nitrogens with zero attached hydrogens (tertiary/aromatic N) is 1. The van der Waals surface area contributed by atoms with Crippen LogP contribution in [-0.4, -0.2) is 7.05 Å². The first-order valence-corrected chi connectivity index (χ1v) is 8.09. The number of aryl methyl sites for hydroxylation is 1. The fourth-order valence-electron chi connectivity index (χ4n) is 2.94. The Hall–Kier alpha value is -3.00. The first-order valence-electron chi connectivity index (χ1n) is 8.09. The van der Waals surface area contributed by atoms with Crippen molar-refractivity contribution in [3.05, 3.63) is 84.6 Å². The Balaban J connectivity index is 1.62. The van der Waals surface area contributed by atoms with E-state index >= 15 is 0 Å². The van der Waals surface area contributed by atoms with Gasteiger partial charge in [-0.15, -0.1) is 0 Å². The molecule has 24 heavy (non-hydrogen) atoms. The summed E-state index contributed by atoms with van der Waals surface area (Å²) in [5, 5.41) is 1.12. The van der Waals surface area contributed by atoms with Gasteiger partial charge in [-0.25, -0.2) is 0 Å². The van der Waals surface area contributed by atoms with Crippen LogP contribution in [0.3, 0.4) is 0 Å². The van der Waals surface area contributed by atoms with Crippen molar-refractivity contribution in [3.63, 3.8) is 0 Å². The number of furan rings is 1. The zero-order valence-electron chi connectivity index (χ0n) is 13.9. The van der Waals surface area contributed by atoms with Gasteiger partial charge in [-0.2, -0.15) is 0 Å². The summed E-state index contributed by atoms with van der Waals surface area (Å²) in [6.45, 7) is 2.11. The lowest BCUT2D eigenvalue weighted by Gasteiger charge is -2.20. The van der Waals surface area contributed by atoms with E-state index in [0.717, 1.165) is 22.3 Å². The standard InChI is InChI=1S/C22H19NO/c1-16-3-5-17(6-4-16)18-7-9-20(10-8-18)23(2)21-11-12-22-19(15-21)13-14-24-22/h3-15H,1-2H3. The minimum atomic E-state index is 0.918. The largest absolute Gasteiger partial charge is 0.464 e. The number of hydrogen-bond acceptors (Lipinski definition) is 2. The number of fused-ring (bicyclic) bond motifs is 1. The summed E-state index contributed by atoms with van der Waals surface area (Å²) >= 11 is 0. The van der Waals surface area contributed by atoms with E-state index < -0.39 is 0 Å². The van der Waals surface area contributed by atoms with Gasteiger partial charge in [0.15, 0.2) is 0 Å². The highest BCUT2D eigenvalue weighted by molar-refractivity contribution is 5.83. The summed E-state index contributed by atoms with van der Waals surface area (Å²) in [4.78, 5) is 2.19. The summed E-state index contributed by atoms with van der Waals surface area (Å²) in [6.07, 6.45) is 1.73. The number of anilines is 2. The maximum atomic E-state index is 5.41. The molecule has 2 heteroatoms. The smallest absolute Gasteiger partial charge is 0.133 e. The second-order valence-corrected chi connectivity index (χ2v) is 6.11. The maximum absolute atomic E-state index is 5.41. The molecule has 4 aromatic rings. The molecule has 0 aliphatic heterocycles. The molecular formula is C22H19NO. The van der Waals surface area contributed by atoms with Crippen molar-refractivity contribution in [2.75, 3.05) is 11.9 Å². The summed E-state index contributed by atoms with van der Waals surface area (Å²) in [6, 6.07) is 25.5. The van der Waals surface area contributed by atoms with Crippen molar-refractivity contribution in [1.82, 2.24) is 0 Å². The van der Waals surface area contributed by atoms with E-state index in [2.05, 4.69) is 79.5 Å². The van der Waals surface area contributed by atoms with Crippen LogP contribution in [0.2, 0.25) is 0 Å². The van der Waals surface area contributed by atoms with E-state index in [9.17, 15) is 0 Å². The minimum Gasteiger partial charge on any atom is -0.464 e. The van der Waals surface area contributed by atoms with E-state index in [4.69, 9.17) is 4.42 Å². The fraction of sp³-hybridized carbons (Fsp3) is 0.0909. The van der Waals surface area contributed by atoms with Crippen LogP contribution in [0.25, 0.3) is 22.1 Å². The van der Waals surface area contributed by atoms with Gasteiger partial charge in [0.25, 0.3) is 0 Å². The molecule has 1 heterocycles. The number of rotatable bonds is 3. The molecule has 1 aromatic heterocycles. The Morgan fingerprint density at radius 3 is 2.04 bits per heavy atom. The highest BCUT2D eigenvalue weighted by Crippen LogP contribution is 2.29. The molecule has 2 nitrogen and oxygen atoms in total. The van der Waals surface area contributed by atoms with Gasteiger partial charge in [-0.05, 0) is 54.4 Å². The van der Waals surface area contributed by atoms with Gasteiger partial charge in [0, 0.05) is 23.8 Å². The molecule has 0 aliphatic rings. The first-order chi connectivity index (χ1) is 11.7. The Morgan fingerprint density at radius 1 is 0.708 bits per heavy atom. The normalized spacial score (nSPS) is 10.9. The lowest BCUT2D eigenvalue weighted by molar-refractivity contribution is 0.616. The van der Waals surface area contributed by atoms with Gasteiger partial charge in [0.05, 0.1) is 6.26 Å². The van der Waals surface area contributed by atoms with Gasteiger partial charge in [0.2, 0.25) is 0 Å². The summed E-state index contributed by atoms with van der Waals surface area (Å²) < 4.78 is 5.41. The van der Waals surface area contributed by atoms with Crippen molar-refractivity contribution in [3.8, 4) is 11.1 Å². The van der Waals surface area contributed by atoms with Crippen LogP contribution in [0.15, 0.2) is 83.5 Å². The molecule has 0 spiro atoms. The molecule has 0 saturated heterocycles. The summed E-state index contributed by atoms with van der Waals surface area (Å²) in [5.74, 6) is 0. The molecular weight excluding hydrogens is 294 g/mol. The predicted molar refractivity (Wildman–Crippen MR) is 101 cm³/mol. The minimum absolute atomic E-state index is 0.918. The monoisotopic (exact) mass is 313 g/mol. The van der Waals surface area contributed by atoms with Crippen LogP contribution < -0.4 is 4.90 Å². The molecule has 0 saturated carbocycles. The third-order valence-electron chi connectivity index (χ3n) is 4.46. The van der Waals surface area contributed by atoms with E-state index in [-0.39, 0.29) is 0 Å². The van der Waals surface area contributed by atoms with Crippen molar-refractivity contribution < 1.29 is 4.42 Å². The van der Waals surface area contributed by atoms with Crippen LogP contribution in [0.4, 0.5) is 11.4 Å². The average molecular weight is 313 g/mol. The quantitative estimate of drug-likeness (QED) is 0.449. The van der Waals surface area contributed by atoms with Crippen LogP contribution in [-0.2, 0) is 0 Å². The zero-order chi connectivity index (χ0) is 16.5. The molecule has 4 rings (SSSR count). The van der Waals surface area contributed by atoms with E-state index in [1.807, 2.05) is 12.1 Å². The Morgan fingerprint density at radius 2 is 1.33 bits per heavy atom. The zero-order valence-corrected chi connectivity index (χ0v) is 13.9. The average Bonchev–Trinajstić information content (AvgIpc) is 3.09. The summed E-state index contributed by atoms with van der Waals surface area (Å²) in [7, 11) is 2.09. The van der Waals surface area contributed by atoms with Crippen LogP contribution in [0.5, 0.6) is 0 Å². The van der Waals surface area contributed by atoms with Crippen LogP contribution in [0, 0.1) is 6.92 Å². The molecule has 0 amide bonds. The molecule has 0 aliphatic carbocycles. The second-order valence-electron chi connectivity index (χ2n) is 6.11. The third kappa shape index (κ3) is 2.67. The number of hydrogen-bond donors (Lipinski definition) is 0. The Kier molecular flexibility index (Phi) is 3.58. The van der Waals surface area contributed by atoms with E-state index in [0.29, 0.717) is 0 Å². The molecule has 0 fully saturated rings. The molecule has 3 aromatic carbocycles. The topological polar surface area (TPSA) is 16.4 Å². The van der Waals surface area contributed by atoms with Gasteiger partial charge in [0.1, 0.15) is 5.58 Å². The highest BCUT2D eigenvalue weighted by Gasteiger charge is 2.06. The molecule has 0 atom stereocenters. The molecule has 0 unspecified atom stereocenters. The predicted octanol–water partition coefficient (Wildman–Crippen LogP) is 6.18. The second kappa shape index (κ2) is 5.89. The maximum Gasteiger partial charge on any atom is 0.133 e. The van der Waals surface area contributed by atoms with Crippen molar-refractivity contribution in [2.45, 2.75) is 6.92 Å². The summed E-state index contributed by atoms with van der Waals surface area (Å²) in [5.41, 5.74) is 6.99. The Labute approximate surface area is 142 Å². The van der Waals surface area contributed by atoms with Gasteiger partial charge >= 0.3 is 0 Å². The van der Waals surface area contributed by atoms with E-state index in [1.54, 1.807) is 6.26 Å². The molecule has 0 N–H and O–H groups in total. The van der Waals surface area contributed by atoms with Gasteiger partial charge in [-0.3, -0.25) is 0 Å². The Bertz CT molecular complexity index is 965. The first kappa shape index (κ1) is 14.6. The molecule has 0 bridgehead atoms. The van der Waals surface area contributed by atoms with Crippen LogP contribution in [0.1, 0.15) is 5.56 Å². The highest BCUT2D eigenvalue weighted by atomic mass is 16.3. The van der Waals surface area contributed by atoms with Crippen molar-refractivity contribution in [1.29, 1.82) is 0 Å². The lowest BCUT2D eigenvalue weighted by atomic mass is 10.0.